The Balaban J connectivity index is 3.96. The Morgan fingerprint density at radius 2 is 1.82 bits per heavy atom. The van der Waals surface area contributed by atoms with E-state index in [1.807, 2.05) is 0 Å². The minimum Gasteiger partial charge on any atom is -0.393 e. The van der Waals surface area contributed by atoms with Crippen molar-refractivity contribution in [3.05, 3.63) is 0 Å². The van der Waals surface area contributed by atoms with Gasteiger partial charge in [-0.3, -0.25) is 0 Å². The summed E-state index contributed by atoms with van der Waals surface area (Å²) in [7, 11) is 0. The number of aliphatic hydroxyl groups is 1. The maximum absolute atomic E-state index is 11.8. The van der Waals surface area contributed by atoms with E-state index in [9.17, 15) is 13.2 Å². The molecule has 0 rings (SSSR count). The van der Waals surface area contributed by atoms with Gasteiger partial charge < -0.3 is 9.84 Å². The van der Waals surface area contributed by atoms with Crippen LogP contribution in [0.2, 0.25) is 0 Å². The van der Waals surface area contributed by atoms with Crippen LogP contribution in [0.25, 0.3) is 0 Å². The zero-order chi connectivity index (χ0) is 9.07. The lowest BCUT2D eigenvalue weighted by Gasteiger charge is -2.20. The van der Waals surface area contributed by atoms with Gasteiger partial charge in [-0.25, -0.2) is 0 Å². The normalized spacial score (nSPS) is 15.5. The van der Waals surface area contributed by atoms with Crippen LogP contribution in [0.1, 0.15) is 13.8 Å². The summed E-state index contributed by atoms with van der Waals surface area (Å²) in [5.74, 6) is 0. The molecular formula is C6H11F3O2. The lowest BCUT2D eigenvalue weighted by molar-refractivity contribution is -0.238. The van der Waals surface area contributed by atoms with Crippen molar-refractivity contribution in [1.29, 1.82) is 0 Å². The molecule has 1 atom stereocenters. The summed E-state index contributed by atoms with van der Waals surface area (Å²) in [6, 6.07) is 0. The predicted molar refractivity (Wildman–Crippen MR) is 33.1 cm³/mol. The number of hydrogen-bond acceptors (Lipinski definition) is 2. The highest BCUT2D eigenvalue weighted by molar-refractivity contribution is 4.66. The fourth-order valence-corrected chi connectivity index (χ4v) is 0.552. The third-order valence-electron chi connectivity index (χ3n) is 0.967. The molecule has 0 saturated carbocycles. The molecular weight excluding hydrogens is 161 g/mol. The molecule has 0 aliphatic heterocycles. The molecule has 68 valence electrons. The zero-order valence-corrected chi connectivity index (χ0v) is 6.35. The molecule has 5 heteroatoms. The quantitative estimate of drug-likeness (QED) is 0.696. The molecule has 0 aromatic heterocycles. The van der Waals surface area contributed by atoms with Crippen LogP contribution in [0, 0.1) is 0 Å². The molecule has 11 heavy (non-hydrogen) atoms. The second-order valence-corrected chi connectivity index (χ2v) is 2.40. The maximum Gasteiger partial charge on any atom is 0.416 e. The van der Waals surface area contributed by atoms with Gasteiger partial charge >= 0.3 is 6.18 Å². The summed E-state index contributed by atoms with van der Waals surface area (Å²) in [5, 5.41) is 8.27. The van der Waals surface area contributed by atoms with Crippen LogP contribution in [0.5, 0.6) is 0 Å². The summed E-state index contributed by atoms with van der Waals surface area (Å²) in [6.45, 7) is 1.94. The van der Waals surface area contributed by atoms with Gasteiger partial charge in [-0.2, -0.15) is 13.2 Å². The summed E-state index contributed by atoms with van der Waals surface area (Å²) >= 11 is 0. The molecule has 0 aliphatic carbocycles. The van der Waals surface area contributed by atoms with Crippen molar-refractivity contribution in [2.24, 2.45) is 0 Å². The Morgan fingerprint density at radius 3 is 1.91 bits per heavy atom. The van der Waals surface area contributed by atoms with Gasteiger partial charge in [0.2, 0.25) is 0 Å². The second-order valence-electron chi connectivity index (χ2n) is 2.40. The van der Waals surface area contributed by atoms with E-state index in [-0.39, 0.29) is 0 Å². The third-order valence-corrected chi connectivity index (χ3v) is 0.967. The average molecular weight is 172 g/mol. The Hall–Kier alpha value is -0.290. The number of hydrogen-bond donors (Lipinski definition) is 1. The van der Waals surface area contributed by atoms with Crippen LogP contribution in [-0.2, 0) is 4.74 Å². The molecule has 0 aliphatic rings. The monoisotopic (exact) mass is 172 g/mol. The molecule has 0 saturated heterocycles. The van der Waals surface area contributed by atoms with E-state index in [0.29, 0.717) is 0 Å². The third kappa shape index (κ3) is 4.21. The first-order valence-electron chi connectivity index (χ1n) is 3.21. The number of alkyl halides is 3. The van der Waals surface area contributed by atoms with Gasteiger partial charge in [-0.1, -0.05) is 0 Å². The molecule has 0 fully saturated rings. The highest BCUT2D eigenvalue weighted by Gasteiger charge is 2.40. The molecule has 0 aromatic rings. The number of aliphatic hydroxyl groups excluding tert-OH is 1. The van der Waals surface area contributed by atoms with E-state index >= 15 is 0 Å². The number of rotatable bonds is 3. The highest BCUT2D eigenvalue weighted by atomic mass is 19.4. The molecule has 0 heterocycles. The van der Waals surface area contributed by atoms with Crippen LogP contribution < -0.4 is 0 Å². The molecule has 0 aromatic carbocycles. The van der Waals surface area contributed by atoms with E-state index in [2.05, 4.69) is 4.74 Å². The van der Waals surface area contributed by atoms with E-state index in [4.69, 9.17) is 5.11 Å². The first-order chi connectivity index (χ1) is 4.88. The average Bonchev–Trinajstić information content (AvgIpc) is 1.79. The maximum atomic E-state index is 11.8. The van der Waals surface area contributed by atoms with E-state index < -0.39 is 25.0 Å². The minimum absolute atomic E-state index is 0.534. The molecule has 0 spiro atoms. The minimum atomic E-state index is -4.47. The van der Waals surface area contributed by atoms with Crippen LogP contribution in [-0.4, -0.2) is 30.1 Å². The summed E-state index contributed by atoms with van der Waals surface area (Å²) in [4.78, 5) is 0. The first-order valence-corrected chi connectivity index (χ1v) is 3.21. The van der Waals surface area contributed by atoms with Crippen molar-refractivity contribution in [3.8, 4) is 0 Å². The zero-order valence-electron chi connectivity index (χ0n) is 6.35. The van der Waals surface area contributed by atoms with Gasteiger partial charge in [0.05, 0.1) is 12.7 Å². The molecule has 2 nitrogen and oxygen atoms in total. The number of ether oxygens (including phenoxy) is 1. The van der Waals surface area contributed by atoms with Crippen molar-refractivity contribution < 1.29 is 23.0 Å². The highest BCUT2D eigenvalue weighted by Crippen LogP contribution is 2.23. The first kappa shape index (κ1) is 10.7. The van der Waals surface area contributed by atoms with Crippen LogP contribution in [0.4, 0.5) is 13.2 Å². The Morgan fingerprint density at radius 1 is 1.36 bits per heavy atom. The predicted octanol–water partition coefficient (Wildman–Crippen LogP) is 1.33. The summed E-state index contributed by atoms with van der Waals surface area (Å²) < 4.78 is 39.8. The largest absolute Gasteiger partial charge is 0.416 e. The molecule has 0 amide bonds. The lowest BCUT2D eigenvalue weighted by atomic mass is 10.3. The SMILES string of the molecule is CC(C)OC(CO)C(F)(F)F. The van der Waals surface area contributed by atoms with Gasteiger partial charge in [0.25, 0.3) is 0 Å². The van der Waals surface area contributed by atoms with Gasteiger partial charge in [-0.05, 0) is 13.8 Å². The van der Waals surface area contributed by atoms with E-state index in [1.54, 1.807) is 0 Å². The van der Waals surface area contributed by atoms with Crippen molar-refractivity contribution in [3.63, 3.8) is 0 Å². The molecule has 1 unspecified atom stereocenters. The van der Waals surface area contributed by atoms with Crippen molar-refractivity contribution in [2.45, 2.75) is 32.2 Å². The Bertz CT molecular complexity index is 111. The van der Waals surface area contributed by atoms with Gasteiger partial charge in [0.15, 0.2) is 6.10 Å². The standard InChI is InChI=1S/C6H11F3O2/c1-4(2)11-5(3-10)6(7,8)9/h4-5,10H,3H2,1-2H3. The lowest BCUT2D eigenvalue weighted by Crippen LogP contribution is -2.36. The smallest absolute Gasteiger partial charge is 0.393 e. The summed E-state index contributed by atoms with van der Waals surface area (Å²) in [5.41, 5.74) is 0. The topological polar surface area (TPSA) is 29.5 Å². The van der Waals surface area contributed by atoms with Gasteiger partial charge in [0, 0.05) is 0 Å². The van der Waals surface area contributed by atoms with E-state index in [1.165, 1.54) is 13.8 Å². The fourth-order valence-electron chi connectivity index (χ4n) is 0.552. The fraction of sp³-hybridized carbons (Fsp3) is 1.00. The van der Waals surface area contributed by atoms with Crippen molar-refractivity contribution >= 4 is 0 Å². The number of halogens is 3. The second kappa shape index (κ2) is 3.92. The van der Waals surface area contributed by atoms with Crippen LogP contribution in [0.15, 0.2) is 0 Å². The Kier molecular flexibility index (Phi) is 3.82. The van der Waals surface area contributed by atoms with Gasteiger partial charge in [0.1, 0.15) is 0 Å². The van der Waals surface area contributed by atoms with Crippen molar-refractivity contribution in [2.75, 3.05) is 6.61 Å². The molecule has 1 N–H and O–H groups in total. The van der Waals surface area contributed by atoms with Crippen molar-refractivity contribution in [1.82, 2.24) is 0 Å². The summed E-state index contributed by atoms with van der Waals surface area (Å²) in [6.07, 6.45) is -7.06. The van der Waals surface area contributed by atoms with E-state index in [0.717, 1.165) is 0 Å². The van der Waals surface area contributed by atoms with Crippen LogP contribution in [0.3, 0.4) is 0 Å². The van der Waals surface area contributed by atoms with Crippen LogP contribution >= 0.6 is 0 Å². The Labute approximate surface area is 63.0 Å². The molecule has 0 bridgehead atoms. The molecule has 0 radical (unpaired) electrons. The van der Waals surface area contributed by atoms with Gasteiger partial charge in [-0.15, -0.1) is 0 Å².